The van der Waals surface area contributed by atoms with Crippen LogP contribution >= 0.6 is 11.6 Å². The Labute approximate surface area is 129 Å². The smallest absolute Gasteiger partial charge is 0.176 e. The Bertz CT molecular complexity index is 640. The molecule has 21 heavy (non-hydrogen) atoms. The van der Waals surface area contributed by atoms with Crippen LogP contribution in [0.15, 0.2) is 30.6 Å². The summed E-state index contributed by atoms with van der Waals surface area (Å²) in [6.07, 6.45) is 3.63. The Kier molecular flexibility index (Phi) is 4.98. The van der Waals surface area contributed by atoms with E-state index in [1.807, 2.05) is 29.8 Å². The van der Waals surface area contributed by atoms with Crippen molar-refractivity contribution in [1.82, 2.24) is 14.5 Å². The van der Waals surface area contributed by atoms with Crippen molar-refractivity contribution in [3.05, 3.63) is 47.0 Å². The highest BCUT2D eigenvalue weighted by molar-refractivity contribution is 6.32. The number of ether oxygens (including phenoxy) is 1. The lowest BCUT2D eigenvalue weighted by Crippen LogP contribution is -2.26. The van der Waals surface area contributed by atoms with Gasteiger partial charge in [0.1, 0.15) is 11.6 Å². The molecule has 1 heterocycles. The van der Waals surface area contributed by atoms with Crippen LogP contribution in [0, 0.1) is 0 Å². The molecular formula is C15H18ClN3O2. The third-order valence-electron chi connectivity index (χ3n) is 3.22. The normalized spacial score (nSPS) is 10.9. The number of aryl methyl sites for hydroxylation is 1. The van der Waals surface area contributed by atoms with E-state index >= 15 is 0 Å². The molecule has 112 valence electrons. The summed E-state index contributed by atoms with van der Waals surface area (Å²) in [5, 5.41) is 0.440. The lowest BCUT2D eigenvalue weighted by atomic mass is 10.1. The summed E-state index contributed by atoms with van der Waals surface area (Å²) in [6, 6.07) is 5.06. The first-order valence-electron chi connectivity index (χ1n) is 6.52. The molecule has 0 unspecified atom stereocenters. The maximum absolute atomic E-state index is 12.3. The zero-order valence-corrected chi connectivity index (χ0v) is 13.1. The molecule has 0 saturated carbocycles. The highest BCUT2D eigenvalue weighted by Crippen LogP contribution is 2.25. The largest absolute Gasteiger partial charge is 0.495 e. The second kappa shape index (κ2) is 6.74. The Balaban J connectivity index is 2.00. The van der Waals surface area contributed by atoms with Crippen LogP contribution in [0.1, 0.15) is 16.2 Å². The molecular weight excluding hydrogens is 290 g/mol. The van der Waals surface area contributed by atoms with E-state index in [0.717, 1.165) is 5.82 Å². The van der Waals surface area contributed by atoms with Crippen LogP contribution in [0.25, 0.3) is 0 Å². The van der Waals surface area contributed by atoms with Crippen molar-refractivity contribution in [1.29, 1.82) is 0 Å². The number of benzene rings is 1. The molecule has 0 bridgehead atoms. The van der Waals surface area contributed by atoms with Crippen molar-refractivity contribution >= 4 is 17.4 Å². The topological polar surface area (TPSA) is 47.4 Å². The van der Waals surface area contributed by atoms with Crippen molar-refractivity contribution in [2.75, 3.05) is 20.7 Å². The minimum absolute atomic E-state index is 0.0104. The number of nitrogens with zero attached hydrogens (tertiary/aromatic N) is 3. The van der Waals surface area contributed by atoms with E-state index in [9.17, 15) is 4.79 Å². The number of hydrogen-bond donors (Lipinski definition) is 0. The SMILES string of the molecule is COc1ccc(C(=O)CN(C)Cc2nccn2C)cc1Cl. The van der Waals surface area contributed by atoms with E-state index in [1.165, 1.54) is 0 Å². The minimum Gasteiger partial charge on any atom is -0.495 e. The number of imidazole rings is 1. The van der Waals surface area contributed by atoms with Crippen LogP contribution in [0.3, 0.4) is 0 Å². The minimum atomic E-state index is 0.0104. The zero-order chi connectivity index (χ0) is 15.4. The van der Waals surface area contributed by atoms with E-state index in [-0.39, 0.29) is 5.78 Å². The van der Waals surface area contributed by atoms with E-state index < -0.39 is 0 Å². The fourth-order valence-electron chi connectivity index (χ4n) is 2.02. The monoisotopic (exact) mass is 307 g/mol. The molecule has 0 spiro atoms. The van der Waals surface area contributed by atoms with Crippen LogP contribution in [0.4, 0.5) is 0 Å². The highest BCUT2D eigenvalue weighted by Gasteiger charge is 2.13. The van der Waals surface area contributed by atoms with Crippen LogP contribution in [0.2, 0.25) is 5.02 Å². The van der Waals surface area contributed by atoms with Gasteiger partial charge in [-0.15, -0.1) is 0 Å². The molecule has 0 atom stereocenters. The molecule has 0 aliphatic rings. The lowest BCUT2D eigenvalue weighted by molar-refractivity contribution is 0.0941. The van der Waals surface area contributed by atoms with Crippen molar-refractivity contribution in [3.63, 3.8) is 0 Å². The number of carbonyl (C=O) groups is 1. The first-order valence-corrected chi connectivity index (χ1v) is 6.90. The summed E-state index contributed by atoms with van der Waals surface area (Å²) in [4.78, 5) is 18.4. The lowest BCUT2D eigenvalue weighted by Gasteiger charge is -2.15. The third kappa shape index (κ3) is 3.83. The van der Waals surface area contributed by atoms with Gasteiger partial charge in [-0.05, 0) is 25.2 Å². The number of carbonyl (C=O) groups excluding carboxylic acids is 1. The zero-order valence-electron chi connectivity index (χ0n) is 12.3. The van der Waals surface area contributed by atoms with E-state index in [1.54, 1.807) is 31.5 Å². The predicted molar refractivity (Wildman–Crippen MR) is 81.9 cm³/mol. The molecule has 2 aromatic rings. The maximum Gasteiger partial charge on any atom is 0.176 e. The Hall–Kier alpha value is -1.85. The first kappa shape index (κ1) is 15.5. The van der Waals surface area contributed by atoms with Gasteiger partial charge in [0.25, 0.3) is 0 Å². The Morgan fingerprint density at radius 2 is 2.24 bits per heavy atom. The molecule has 0 amide bonds. The second-order valence-electron chi connectivity index (χ2n) is 4.90. The average molecular weight is 308 g/mol. The third-order valence-corrected chi connectivity index (χ3v) is 3.51. The predicted octanol–water partition coefficient (Wildman–Crippen LogP) is 2.40. The first-order chi connectivity index (χ1) is 10.0. The van der Waals surface area contributed by atoms with Gasteiger partial charge in [0.2, 0.25) is 0 Å². The summed E-state index contributed by atoms with van der Waals surface area (Å²) in [6.45, 7) is 0.911. The maximum atomic E-state index is 12.3. The molecule has 2 rings (SSSR count). The van der Waals surface area contributed by atoms with Crippen LogP contribution < -0.4 is 4.74 Å². The van der Waals surface area contributed by atoms with Crippen molar-refractivity contribution < 1.29 is 9.53 Å². The van der Waals surface area contributed by atoms with Crippen LogP contribution in [-0.4, -0.2) is 40.9 Å². The van der Waals surface area contributed by atoms with Crippen molar-refractivity contribution in [3.8, 4) is 5.75 Å². The molecule has 6 heteroatoms. The fraction of sp³-hybridized carbons (Fsp3) is 0.333. The highest BCUT2D eigenvalue weighted by atomic mass is 35.5. The number of halogens is 1. The van der Waals surface area contributed by atoms with Crippen LogP contribution in [-0.2, 0) is 13.6 Å². The molecule has 0 saturated heterocycles. The van der Waals surface area contributed by atoms with Gasteiger partial charge >= 0.3 is 0 Å². The van der Waals surface area contributed by atoms with Gasteiger partial charge in [0, 0.05) is 25.0 Å². The Morgan fingerprint density at radius 3 is 2.81 bits per heavy atom. The van der Waals surface area contributed by atoms with E-state index in [2.05, 4.69) is 4.98 Å². The molecule has 5 nitrogen and oxygen atoms in total. The van der Waals surface area contributed by atoms with Gasteiger partial charge in [-0.1, -0.05) is 11.6 Å². The van der Waals surface area contributed by atoms with Gasteiger partial charge in [-0.3, -0.25) is 9.69 Å². The van der Waals surface area contributed by atoms with E-state index in [0.29, 0.717) is 29.4 Å². The number of hydrogen-bond acceptors (Lipinski definition) is 4. The molecule has 1 aromatic heterocycles. The molecule has 0 N–H and O–H groups in total. The van der Waals surface area contributed by atoms with Gasteiger partial charge in [0.05, 0.1) is 25.2 Å². The molecule has 1 aromatic carbocycles. The average Bonchev–Trinajstić information content (AvgIpc) is 2.84. The number of aromatic nitrogens is 2. The molecule has 0 radical (unpaired) electrons. The second-order valence-corrected chi connectivity index (χ2v) is 5.31. The van der Waals surface area contributed by atoms with Gasteiger partial charge in [0.15, 0.2) is 5.78 Å². The standard InChI is InChI=1S/C15H18ClN3O2/c1-18(10-15-17-6-7-19(15)2)9-13(20)11-4-5-14(21-3)12(16)8-11/h4-8H,9-10H2,1-3H3. The Morgan fingerprint density at radius 1 is 1.48 bits per heavy atom. The fourth-order valence-corrected chi connectivity index (χ4v) is 2.28. The molecule has 0 fully saturated rings. The molecule has 0 aliphatic carbocycles. The number of Topliss-reactive ketones (excluding diaryl/α,β-unsaturated/α-hetero) is 1. The summed E-state index contributed by atoms with van der Waals surface area (Å²) in [5.74, 6) is 1.49. The summed E-state index contributed by atoms with van der Waals surface area (Å²) in [5.41, 5.74) is 0.576. The number of methoxy groups -OCH3 is 1. The number of ketones is 1. The van der Waals surface area contributed by atoms with Gasteiger partial charge in [-0.2, -0.15) is 0 Å². The summed E-state index contributed by atoms with van der Waals surface area (Å²) in [7, 11) is 5.36. The van der Waals surface area contributed by atoms with Gasteiger partial charge < -0.3 is 9.30 Å². The molecule has 0 aliphatic heterocycles. The van der Waals surface area contributed by atoms with Crippen molar-refractivity contribution in [2.45, 2.75) is 6.54 Å². The summed E-state index contributed by atoms with van der Waals surface area (Å²) < 4.78 is 7.02. The van der Waals surface area contributed by atoms with Gasteiger partial charge in [-0.25, -0.2) is 4.98 Å². The number of likely N-dealkylation sites (N-methyl/N-ethyl adjacent to an activating group) is 1. The van der Waals surface area contributed by atoms with Crippen molar-refractivity contribution in [2.24, 2.45) is 7.05 Å². The summed E-state index contributed by atoms with van der Waals surface area (Å²) >= 11 is 6.04. The number of rotatable bonds is 6. The van der Waals surface area contributed by atoms with E-state index in [4.69, 9.17) is 16.3 Å². The van der Waals surface area contributed by atoms with Crippen LogP contribution in [0.5, 0.6) is 5.75 Å². The quantitative estimate of drug-likeness (QED) is 0.769.